The summed E-state index contributed by atoms with van der Waals surface area (Å²) in [4.78, 5) is 12.2. The highest BCUT2D eigenvalue weighted by molar-refractivity contribution is 5.96. The van der Waals surface area contributed by atoms with E-state index in [0.717, 1.165) is 18.4 Å². The Kier molecular flexibility index (Phi) is 3.62. The molecule has 1 N–H and O–H groups in total. The number of aryl methyl sites for hydroxylation is 1. The van der Waals surface area contributed by atoms with Crippen molar-refractivity contribution in [1.82, 2.24) is 15.1 Å². The first kappa shape index (κ1) is 12.3. The van der Waals surface area contributed by atoms with Crippen molar-refractivity contribution >= 4 is 5.78 Å². The Labute approximate surface area is 102 Å². The maximum Gasteiger partial charge on any atom is 0.167 e. The molecule has 4 heteroatoms. The fourth-order valence-electron chi connectivity index (χ4n) is 2.72. The lowest BCUT2D eigenvalue weighted by Gasteiger charge is -2.36. The second-order valence-corrected chi connectivity index (χ2v) is 5.09. The molecule has 0 radical (unpaired) electrons. The maximum atomic E-state index is 12.2. The lowest BCUT2D eigenvalue weighted by molar-refractivity contribution is 0.0915. The average molecular weight is 235 g/mol. The second kappa shape index (κ2) is 5.00. The number of hydrogen-bond donors (Lipinski definition) is 1. The van der Waals surface area contributed by atoms with Crippen molar-refractivity contribution in [3.05, 3.63) is 18.0 Å². The summed E-state index contributed by atoms with van der Waals surface area (Å²) < 4.78 is 1.68. The predicted molar refractivity (Wildman–Crippen MR) is 67.0 cm³/mol. The molecule has 94 valence electrons. The third-order valence-electron chi connectivity index (χ3n) is 3.87. The third kappa shape index (κ3) is 2.75. The maximum absolute atomic E-state index is 12.2. The van der Waals surface area contributed by atoms with Gasteiger partial charge in [0.05, 0.1) is 11.8 Å². The van der Waals surface area contributed by atoms with E-state index < -0.39 is 0 Å². The molecule has 0 unspecified atom stereocenters. The monoisotopic (exact) mass is 235 g/mol. The Bertz CT molecular complexity index is 391. The van der Waals surface area contributed by atoms with Gasteiger partial charge in [0.2, 0.25) is 0 Å². The summed E-state index contributed by atoms with van der Waals surface area (Å²) in [6.45, 7) is 0. The Hall–Kier alpha value is -1.16. The van der Waals surface area contributed by atoms with E-state index in [1.807, 2.05) is 14.1 Å². The molecule has 4 nitrogen and oxygen atoms in total. The topological polar surface area (TPSA) is 46.9 Å². The van der Waals surface area contributed by atoms with E-state index in [1.54, 1.807) is 17.1 Å². The normalized spacial score (nSPS) is 19.2. The number of carbonyl (C=O) groups excluding carboxylic acids is 1. The van der Waals surface area contributed by atoms with Crippen molar-refractivity contribution in [3.8, 4) is 0 Å². The Morgan fingerprint density at radius 1 is 1.47 bits per heavy atom. The fourth-order valence-corrected chi connectivity index (χ4v) is 2.72. The Balaban J connectivity index is 2.05. The van der Waals surface area contributed by atoms with Crippen molar-refractivity contribution in [3.63, 3.8) is 0 Å². The SMILES string of the molecule is CNC1(CC(=O)c2cnn(C)c2)CCCCC1. The molecule has 1 aromatic rings. The fraction of sp³-hybridized carbons (Fsp3) is 0.692. The van der Waals surface area contributed by atoms with Crippen molar-refractivity contribution in [2.45, 2.75) is 44.1 Å². The van der Waals surface area contributed by atoms with Gasteiger partial charge < -0.3 is 5.32 Å². The lowest BCUT2D eigenvalue weighted by Crippen LogP contribution is -2.46. The van der Waals surface area contributed by atoms with E-state index >= 15 is 0 Å². The van der Waals surface area contributed by atoms with Crippen LogP contribution in [0.3, 0.4) is 0 Å². The van der Waals surface area contributed by atoms with Gasteiger partial charge in [-0.2, -0.15) is 5.10 Å². The number of Topliss-reactive ketones (excluding diaryl/α,β-unsaturated/α-hetero) is 1. The molecular weight excluding hydrogens is 214 g/mol. The van der Waals surface area contributed by atoms with Crippen molar-refractivity contribution in [1.29, 1.82) is 0 Å². The van der Waals surface area contributed by atoms with Crippen LogP contribution in [0, 0.1) is 0 Å². The highest BCUT2D eigenvalue weighted by Crippen LogP contribution is 2.31. The molecule has 1 saturated carbocycles. The van der Waals surface area contributed by atoms with Gasteiger partial charge in [0.1, 0.15) is 0 Å². The Morgan fingerprint density at radius 2 is 2.18 bits per heavy atom. The third-order valence-corrected chi connectivity index (χ3v) is 3.87. The predicted octanol–water partition coefficient (Wildman–Crippen LogP) is 1.92. The van der Waals surface area contributed by atoms with Crippen LogP contribution in [-0.2, 0) is 7.05 Å². The van der Waals surface area contributed by atoms with E-state index in [0.29, 0.717) is 6.42 Å². The van der Waals surface area contributed by atoms with Crippen LogP contribution in [0.2, 0.25) is 0 Å². The van der Waals surface area contributed by atoms with Gasteiger partial charge in [0.25, 0.3) is 0 Å². The zero-order valence-electron chi connectivity index (χ0n) is 10.7. The molecule has 0 bridgehead atoms. The number of rotatable bonds is 4. The molecule has 0 amide bonds. The zero-order chi connectivity index (χ0) is 12.3. The van der Waals surface area contributed by atoms with Gasteiger partial charge in [-0.3, -0.25) is 9.48 Å². The highest BCUT2D eigenvalue weighted by atomic mass is 16.1. The van der Waals surface area contributed by atoms with Gasteiger partial charge in [0, 0.05) is 25.2 Å². The molecule has 0 atom stereocenters. The summed E-state index contributed by atoms with van der Waals surface area (Å²) in [5.74, 6) is 0.203. The molecule has 0 aliphatic heterocycles. The molecule has 1 aliphatic carbocycles. The molecule has 0 saturated heterocycles. The molecule has 17 heavy (non-hydrogen) atoms. The molecule has 1 fully saturated rings. The minimum absolute atomic E-state index is 0.0190. The van der Waals surface area contributed by atoms with Crippen LogP contribution < -0.4 is 5.32 Å². The number of ketones is 1. The van der Waals surface area contributed by atoms with Crippen molar-refractivity contribution < 1.29 is 4.79 Å². The van der Waals surface area contributed by atoms with Crippen LogP contribution in [0.25, 0.3) is 0 Å². The second-order valence-electron chi connectivity index (χ2n) is 5.09. The first-order valence-electron chi connectivity index (χ1n) is 6.36. The van der Waals surface area contributed by atoms with Crippen molar-refractivity contribution in [2.24, 2.45) is 7.05 Å². The van der Waals surface area contributed by atoms with Crippen molar-refractivity contribution in [2.75, 3.05) is 7.05 Å². The first-order chi connectivity index (χ1) is 8.15. The van der Waals surface area contributed by atoms with Gasteiger partial charge in [-0.15, -0.1) is 0 Å². The van der Waals surface area contributed by atoms with Gasteiger partial charge in [-0.1, -0.05) is 19.3 Å². The standard InChI is InChI=1S/C13H21N3O/c1-14-13(6-4-3-5-7-13)8-12(17)11-9-15-16(2)10-11/h9-10,14H,3-8H2,1-2H3. The summed E-state index contributed by atoms with van der Waals surface area (Å²) >= 11 is 0. The largest absolute Gasteiger partial charge is 0.314 e. The van der Waals surface area contributed by atoms with Gasteiger partial charge in [-0.05, 0) is 19.9 Å². The molecule has 0 spiro atoms. The summed E-state index contributed by atoms with van der Waals surface area (Å²) in [5.41, 5.74) is 0.748. The Morgan fingerprint density at radius 3 is 2.71 bits per heavy atom. The number of hydrogen-bond acceptors (Lipinski definition) is 3. The average Bonchev–Trinajstić information content (AvgIpc) is 2.77. The van der Waals surface area contributed by atoms with Crippen LogP contribution in [0.4, 0.5) is 0 Å². The molecule has 0 aromatic carbocycles. The lowest BCUT2D eigenvalue weighted by atomic mass is 9.78. The molecular formula is C13H21N3O. The van der Waals surface area contributed by atoms with Crippen LogP contribution >= 0.6 is 0 Å². The zero-order valence-corrected chi connectivity index (χ0v) is 10.7. The van der Waals surface area contributed by atoms with Crippen LogP contribution in [0.15, 0.2) is 12.4 Å². The van der Waals surface area contributed by atoms with Crippen LogP contribution in [0.1, 0.15) is 48.9 Å². The number of carbonyl (C=O) groups is 1. The smallest absolute Gasteiger partial charge is 0.167 e. The first-order valence-corrected chi connectivity index (χ1v) is 6.36. The highest BCUT2D eigenvalue weighted by Gasteiger charge is 2.32. The van der Waals surface area contributed by atoms with E-state index in [-0.39, 0.29) is 11.3 Å². The quantitative estimate of drug-likeness (QED) is 0.811. The van der Waals surface area contributed by atoms with Crippen LogP contribution in [0.5, 0.6) is 0 Å². The summed E-state index contributed by atoms with van der Waals surface area (Å²) in [5, 5.41) is 7.43. The molecule has 1 aromatic heterocycles. The van der Waals surface area contributed by atoms with E-state index in [1.165, 1.54) is 19.3 Å². The molecule has 2 rings (SSSR count). The minimum atomic E-state index is 0.0190. The summed E-state index contributed by atoms with van der Waals surface area (Å²) in [7, 11) is 3.81. The van der Waals surface area contributed by atoms with Gasteiger partial charge >= 0.3 is 0 Å². The van der Waals surface area contributed by atoms with E-state index in [9.17, 15) is 4.79 Å². The number of aromatic nitrogens is 2. The van der Waals surface area contributed by atoms with E-state index in [4.69, 9.17) is 0 Å². The molecule has 1 aliphatic rings. The minimum Gasteiger partial charge on any atom is -0.314 e. The molecule has 1 heterocycles. The number of nitrogens with one attached hydrogen (secondary N) is 1. The van der Waals surface area contributed by atoms with Crippen LogP contribution in [-0.4, -0.2) is 28.2 Å². The summed E-state index contributed by atoms with van der Waals surface area (Å²) in [6.07, 6.45) is 10.0. The van der Waals surface area contributed by atoms with Gasteiger partial charge in [-0.25, -0.2) is 0 Å². The van der Waals surface area contributed by atoms with E-state index in [2.05, 4.69) is 10.4 Å². The van der Waals surface area contributed by atoms with Gasteiger partial charge in [0.15, 0.2) is 5.78 Å². The number of nitrogens with zero attached hydrogens (tertiary/aromatic N) is 2. The summed E-state index contributed by atoms with van der Waals surface area (Å²) in [6, 6.07) is 0.